The monoisotopic (exact) mass is 309 g/mol. The van der Waals surface area contributed by atoms with Gasteiger partial charge >= 0.3 is 0 Å². The second kappa shape index (κ2) is 5.95. The Balaban J connectivity index is 1.47. The van der Waals surface area contributed by atoms with E-state index in [4.69, 9.17) is 9.47 Å². The van der Waals surface area contributed by atoms with Gasteiger partial charge in [-0.3, -0.25) is 4.79 Å². The Morgan fingerprint density at radius 1 is 1.00 bits per heavy atom. The number of hydrogen-bond donors (Lipinski definition) is 0. The van der Waals surface area contributed by atoms with Crippen LogP contribution in [0.3, 0.4) is 0 Å². The zero-order chi connectivity index (χ0) is 15.6. The minimum Gasteiger partial charge on any atom is -0.454 e. The van der Waals surface area contributed by atoms with Crippen LogP contribution < -0.4 is 9.47 Å². The van der Waals surface area contributed by atoms with Gasteiger partial charge in [0.2, 0.25) is 12.7 Å². The van der Waals surface area contributed by atoms with Gasteiger partial charge in [0.1, 0.15) is 0 Å². The number of nitrogens with zero attached hydrogens (tertiary/aromatic N) is 1. The number of carbonyl (C=O) groups excluding carboxylic acids is 1. The molecule has 2 aliphatic rings. The molecule has 0 spiro atoms. The predicted molar refractivity (Wildman–Crippen MR) is 86.3 cm³/mol. The van der Waals surface area contributed by atoms with Gasteiger partial charge in [0, 0.05) is 12.6 Å². The molecule has 1 aliphatic heterocycles. The lowest BCUT2D eigenvalue weighted by molar-refractivity contribution is -0.131. The number of hydrogen-bond acceptors (Lipinski definition) is 3. The summed E-state index contributed by atoms with van der Waals surface area (Å²) in [4.78, 5) is 14.8. The summed E-state index contributed by atoms with van der Waals surface area (Å²) in [6.07, 6.45) is 2.62. The number of rotatable bonds is 5. The Kier molecular flexibility index (Phi) is 3.66. The first-order valence-electron chi connectivity index (χ1n) is 8.01. The molecule has 1 saturated carbocycles. The third-order valence-electron chi connectivity index (χ3n) is 4.30. The maximum atomic E-state index is 12.8. The smallest absolute Gasteiger partial charge is 0.231 e. The standard InChI is InChI=1S/C19H19NO3/c21-19(11-15-6-9-17-18(10-15)23-13-22-17)20(16-7-8-16)12-14-4-2-1-3-5-14/h1-6,9-10,16H,7-8,11-13H2. The van der Waals surface area contributed by atoms with Crippen molar-refractivity contribution in [3.05, 3.63) is 59.7 Å². The summed E-state index contributed by atoms with van der Waals surface area (Å²) in [6.45, 7) is 0.948. The molecule has 0 aromatic heterocycles. The van der Waals surface area contributed by atoms with Gasteiger partial charge in [-0.15, -0.1) is 0 Å². The zero-order valence-corrected chi connectivity index (χ0v) is 12.9. The molecular weight excluding hydrogens is 290 g/mol. The molecule has 1 fully saturated rings. The molecule has 0 unspecified atom stereocenters. The molecule has 2 aromatic carbocycles. The molecular formula is C19H19NO3. The summed E-state index contributed by atoms with van der Waals surface area (Å²) in [5.74, 6) is 1.66. The number of amides is 1. The van der Waals surface area contributed by atoms with E-state index in [9.17, 15) is 4.79 Å². The van der Waals surface area contributed by atoms with Crippen LogP contribution in [0.5, 0.6) is 11.5 Å². The third kappa shape index (κ3) is 3.16. The minimum atomic E-state index is 0.176. The Morgan fingerprint density at radius 2 is 1.78 bits per heavy atom. The molecule has 1 heterocycles. The van der Waals surface area contributed by atoms with Gasteiger partial charge < -0.3 is 14.4 Å². The molecule has 0 saturated heterocycles. The van der Waals surface area contributed by atoms with Crippen molar-refractivity contribution < 1.29 is 14.3 Å². The maximum absolute atomic E-state index is 12.8. The average molecular weight is 309 g/mol. The van der Waals surface area contributed by atoms with Crippen molar-refractivity contribution in [2.75, 3.05) is 6.79 Å². The lowest BCUT2D eigenvalue weighted by Gasteiger charge is -2.22. The molecule has 4 nitrogen and oxygen atoms in total. The second-order valence-electron chi connectivity index (χ2n) is 6.10. The molecule has 2 aromatic rings. The van der Waals surface area contributed by atoms with Crippen LogP contribution in [0.15, 0.2) is 48.5 Å². The molecule has 4 rings (SSSR count). The SMILES string of the molecule is O=C(Cc1ccc2c(c1)OCO2)N(Cc1ccccc1)C1CC1. The van der Waals surface area contributed by atoms with Gasteiger partial charge in [-0.05, 0) is 36.1 Å². The molecule has 0 atom stereocenters. The summed E-state index contributed by atoms with van der Waals surface area (Å²) < 4.78 is 10.7. The van der Waals surface area contributed by atoms with Crippen LogP contribution in [0, 0.1) is 0 Å². The number of benzene rings is 2. The molecule has 0 N–H and O–H groups in total. The molecule has 1 aliphatic carbocycles. The Bertz CT molecular complexity index is 710. The molecule has 0 radical (unpaired) electrons. The molecule has 23 heavy (non-hydrogen) atoms. The number of fused-ring (bicyclic) bond motifs is 1. The van der Waals surface area contributed by atoms with Crippen LogP contribution in [-0.2, 0) is 17.8 Å². The van der Waals surface area contributed by atoms with E-state index in [2.05, 4.69) is 12.1 Å². The zero-order valence-electron chi connectivity index (χ0n) is 12.9. The van der Waals surface area contributed by atoms with Crippen LogP contribution in [-0.4, -0.2) is 23.6 Å². The first kappa shape index (κ1) is 14.1. The highest BCUT2D eigenvalue weighted by atomic mass is 16.7. The van der Waals surface area contributed by atoms with Gasteiger partial charge in [0.05, 0.1) is 6.42 Å². The lowest BCUT2D eigenvalue weighted by atomic mass is 10.1. The van der Waals surface area contributed by atoms with Gasteiger partial charge in [-0.2, -0.15) is 0 Å². The lowest BCUT2D eigenvalue weighted by Crippen LogP contribution is -2.33. The highest BCUT2D eigenvalue weighted by molar-refractivity contribution is 5.79. The van der Waals surface area contributed by atoms with E-state index in [0.717, 1.165) is 29.9 Å². The van der Waals surface area contributed by atoms with Crippen LogP contribution in [0.4, 0.5) is 0 Å². The maximum Gasteiger partial charge on any atom is 0.231 e. The molecule has 1 amide bonds. The Hall–Kier alpha value is -2.49. The van der Waals surface area contributed by atoms with Crippen molar-refractivity contribution in [3.8, 4) is 11.5 Å². The van der Waals surface area contributed by atoms with E-state index in [1.54, 1.807) is 0 Å². The first-order chi connectivity index (χ1) is 11.3. The fourth-order valence-electron chi connectivity index (χ4n) is 2.91. The van der Waals surface area contributed by atoms with Crippen molar-refractivity contribution in [2.24, 2.45) is 0 Å². The largest absolute Gasteiger partial charge is 0.454 e. The number of carbonyl (C=O) groups is 1. The van der Waals surface area contributed by atoms with E-state index < -0.39 is 0 Å². The summed E-state index contributed by atoms with van der Waals surface area (Å²) in [5, 5.41) is 0. The van der Waals surface area contributed by atoms with Crippen molar-refractivity contribution in [1.29, 1.82) is 0 Å². The van der Waals surface area contributed by atoms with Gasteiger partial charge in [0.25, 0.3) is 0 Å². The van der Waals surface area contributed by atoms with Crippen molar-refractivity contribution >= 4 is 5.91 Å². The highest BCUT2D eigenvalue weighted by Gasteiger charge is 2.32. The molecule has 118 valence electrons. The van der Waals surface area contributed by atoms with E-state index in [1.807, 2.05) is 41.3 Å². The van der Waals surface area contributed by atoms with Crippen molar-refractivity contribution in [1.82, 2.24) is 4.90 Å². The van der Waals surface area contributed by atoms with Crippen LogP contribution in [0.1, 0.15) is 24.0 Å². The van der Waals surface area contributed by atoms with E-state index in [1.165, 1.54) is 5.56 Å². The van der Waals surface area contributed by atoms with Gasteiger partial charge in [-0.1, -0.05) is 36.4 Å². The first-order valence-corrected chi connectivity index (χ1v) is 8.01. The quantitative estimate of drug-likeness (QED) is 0.851. The van der Waals surface area contributed by atoms with Gasteiger partial charge in [-0.25, -0.2) is 0 Å². The summed E-state index contributed by atoms with van der Waals surface area (Å²) in [7, 11) is 0. The Labute approximate surface area is 135 Å². The fraction of sp³-hybridized carbons (Fsp3) is 0.316. The topological polar surface area (TPSA) is 38.8 Å². The minimum absolute atomic E-state index is 0.176. The van der Waals surface area contributed by atoms with Gasteiger partial charge in [0.15, 0.2) is 11.5 Å². The van der Waals surface area contributed by atoms with Crippen LogP contribution in [0.25, 0.3) is 0 Å². The second-order valence-corrected chi connectivity index (χ2v) is 6.10. The molecule has 0 bridgehead atoms. The third-order valence-corrected chi connectivity index (χ3v) is 4.30. The van der Waals surface area contributed by atoms with E-state index >= 15 is 0 Å². The van der Waals surface area contributed by atoms with E-state index in [0.29, 0.717) is 19.0 Å². The van der Waals surface area contributed by atoms with Crippen LogP contribution in [0.2, 0.25) is 0 Å². The number of ether oxygens (including phenoxy) is 2. The Morgan fingerprint density at radius 3 is 2.57 bits per heavy atom. The highest BCUT2D eigenvalue weighted by Crippen LogP contribution is 2.33. The van der Waals surface area contributed by atoms with Crippen LogP contribution >= 0.6 is 0 Å². The summed E-state index contributed by atoms with van der Waals surface area (Å²) in [6, 6.07) is 16.3. The average Bonchev–Trinajstić information content (AvgIpc) is 3.30. The van der Waals surface area contributed by atoms with Crippen molar-refractivity contribution in [2.45, 2.75) is 31.8 Å². The summed E-state index contributed by atoms with van der Waals surface area (Å²) in [5.41, 5.74) is 2.15. The fourth-order valence-corrected chi connectivity index (χ4v) is 2.91. The van der Waals surface area contributed by atoms with Crippen molar-refractivity contribution in [3.63, 3.8) is 0 Å². The predicted octanol–water partition coefficient (Wildman–Crippen LogP) is 3.15. The van der Waals surface area contributed by atoms with E-state index in [-0.39, 0.29) is 12.7 Å². The normalized spacial score (nSPS) is 15.5. The summed E-state index contributed by atoms with van der Waals surface area (Å²) >= 11 is 0. The molecule has 4 heteroatoms.